The van der Waals surface area contributed by atoms with E-state index in [4.69, 9.17) is 11.6 Å². The quantitative estimate of drug-likeness (QED) is 0.916. The highest BCUT2D eigenvalue weighted by molar-refractivity contribution is 6.30. The number of anilines is 1. The first-order valence-corrected chi connectivity index (χ1v) is 6.60. The van der Waals surface area contributed by atoms with Gasteiger partial charge in [0.1, 0.15) is 5.82 Å². The molecule has 0 aliphatic heterocycles. The molecule has 1 aromatic heterocycles. The van der Waals surface area contributed by atoms with Gasteiger partial charge in [-0.1, -0.05) is 25.4 Å². The largest absolute Gasteiger partial charge is 0.355 e. The number of hydrogen-bond donors (Lipinski definition) is 1. The summed E-state index contributed by atoms with van der Waals surface area (Å²) in [5, 5.41) is 3.39. The van der Waals surface area contributed by atoms with E-state index in [2.05, 4.69) is 24.1 Å². The number of nitrogens with one attached hydrogen (secondary N) is 1. The zero-order valence-corrected chi connectivity index (χ0v) is 12.0. The summed E-state index contributed by atoms with van der Waals surface area (Å²) in [5.74, 6) is 0.843. The first kappa shape index (κ1) is 13.9. The number of nitrogens with zero attached hydrogens (tertiary/aromatic N) is 2. The number of aromatic nitrogens is 2. The second-order valence-corrected chi connectivity index (χ2v) is 5.36. The SMILES string of the molecule is Cc1cn(-c2ccc(F)c(Cl)c2)c(NCC(C)C)n1. The topological polar surface area (TPSA) is 29.9 Å². The third-order valence-electron chi connectivity index (χ3n) is 2.68. The molecule has 102 valence electrons. The molecule has 3 nitrogen and oxygen atoms in total. The minimum absolute atomic E-state index is 0.110. The van der Waals surface area contributed by atoms with Crippen LogP contribution in [0.2, 0.25) is 5.02 Å². The minimum atomic E-state index is -0.418. The van der Waals surface area contributed by atoms with Crippen LogP contribution < -0.4 is 5.32 Å². The molecule has 0 amide bonds. The lowest BCUT2D eigenvalue weighted by Gasteiger charge is -2.11. The van der Waals surface area contributed by atoms with Gasteiger partial charge < -0.3 is 5.32 Å². The summed E-state index contributed by atoms with van der Waals surface area (Å²) >= 11 is 5.82. The van der Waals surface area contributed by atoms with Crippen LogP contribution in [0.5, 0.6) is 0 Å². The molecule has 0 radical (unpaired) electrons. The molecular weight excluding hydrogens is 265 g/mol. The molecule has 5 heteroatoms. The van der Waals surface area contributed by atoms with Crippen molar-refractivity contribution in [2.75, 3.05) is 11.9 Å². The summed E-state index contributed by atoms with van der Waals surface area (Å²) in [6.07, 6.45) is 1.90. The summed E-state index contributed by atoms with van der Waals surface area (Å²) < 4.78 is 15.1. The number of hydrogen-bond acceptors (Lipinski definition) is 2. The van der Waals surface area contributed by atoms with Gasteiger partial charge in [-0.2, -0.15) is 0 Å². The maximum absolute atomic E-state index is 13.2. The van der Waals surface area contributed by atoms with Crippen molar-refractivity contribution in [1.82, 2.24) is 9.55 Å². The Kier molecular flexibility index (Phi) is 4.10. The van der Waals surface area contributed by atoms with Crippen molar-refractivity contribution in [3.63, 3.8) is 0 Å². The van der Waals surface area contributed by atoms with Crippen LogP contribution in [0.3, 0.4) is 0 Å². The average molecular weight is 282 g/mol. The second-order valence-electron chi connectivity index (χ2n) is 4.95. The molecule has 0 unspecified atom stereocenters. The van der Waals surface area contributed by atoms with E-state index in [-0.39, 0.29) is 5.02 Å². The normalized spacial score (nSPS) is 11.1. The molecule has 0 bridgehead atoms. The first-order valence-electron chi connectivity index (χ1n) is 6.22. The predicted molar refractivity (Wildman–Crippen MR) is 76.6 cm³/mol. The molecule has 1 aromatic carbocycles. The van der Waals surface area contributed by atoms with Crippen LogP contribution >= 0.6 is 11.6 Å². The Morgan fingerprint density at radius 3 is 2.79 bits per heavy atom. The number of aryl methyl sites for hydroxylation is 1. The number of benzene rings is 1. The molecule has 0 aliphatic rings. The summed E-state index contributed by atoms with van der Waals surface area (Å²) in [4.78, 5) is 4.43. The average Bonchev–Trinajstić information content (AvgIpc) is 2.71. The van der Waals surface area contributed by atoms with Crippen molar-refractivity contribution < 1.29 is 4.39 Å². The number of halogens is 2. The molecule has 0 saturated heterocycles. The van der Waals surface area contributed by atoms with Gasteiger partial charge in [0.25, 0.3) is 0 Å². The van der Waals surface area contributed by atoms with Gasteiger partial charge in [0.15, 0.2) is 0 Å². The molecule has 0 saturated carbocycles. The Balaban J connectivity index is 2.35. The lowest BCUT2D eigenvalue weighted by molar-refractivity contribution is 0.628. The van der Waals surface area contributed by atoms with E-state index < -0.39 is 5.82 Å². The molecule has 0 spiro atoms. The third kappa shape index (κ3) is 3.26. The highest BCUT2D eigenvalue weighted by Crippen LogP contribution is 2.22. The number of imidazole rings is 1. The first-order chi connectivity index (χ1) is 8.97. The smallest absolute Gasteiger partial charge is 0.207 e. The van der Waals surface area contributed by atoms with Crippen molar-refractivity contribution in [1.29, 1.82) is 0 Å². The van der Waals surface area contributed by atoms with Gasteiger partial charge in [0.2, 0.25) is 5.95 Å². The fourth-order valence-corrected chi connectivity index (χ4v) is 1.92. The molecule has 0 fully saturated rings. The van der Waals surface area contributed by atoms with Crippen molar-refractivity contribution in [2.24, 2.45) is 5.92 Å². The van der Waals surface area contributed by atoms with Crippen molar-refractivity contribution >= 4 is 17.5 Å². The summed E-state index contributed by atoms with van der Waals surface area (Å²) in [7, 11) is 0. The molecule has 1 heterocycles. The zero-order valence-electron chi connectivity index (χ0n) is 11.2. The van der Waals surface area contributed by atoms with Crippen LogP contribution in [0.15, 0.2) is 24.4 Å². The molecule has 19 heavy (non-hydrogen) atoms. The van der Waals surface area contributed by atoms with E-state index in [9.17, 15) is 4.39 Å². The predicted octanol–water partition coefficient (Wildman–Crippen LogP) is 4.04. The van der Waals surface area contributed by atoms with E-state index in [0.29, 0.717) is 5.92 Å². The highest BCUT2D eigenvalue weighted by Gasteiger charge is 2.09. The van der Waals surface area contributed by atoms with E-state index in [1.807, 2.05) is 17.7 Å². The highest BCUT2D eigenvalue weighted by atomic mass is 35.5. The van der Waals surface area contributed by atoms with Gasteiger partial charge in [0.05, 0.1) is 16.4 Å². The van der Waals surface area contributed by atoms with Gasteiger partial charge in [-0.15, -0.1) is 0 Å². The van der Waals surface area contributed by atoms with Gasteiger partial charge in [0, 0.05) is 12.7 Å². The molecular formula is C14H17ClFN3. The molecule has 0 aliphatic carbocycles. The second kappa shape index (κ2) is 5.61. The third-order valence-corrected chi connectivity index (χ3v) is 2.97. The van der Waals surface area contributed by atoms with Gasteiger partial charge in [-0.25, -0.2) is 9.37 Å². The Morgan fingerprint density at radius 1 is 1.42 bits per heavy atom. The van der Waals surface area contributed by atoms with Crippen molar-refractivity contribution in [3.05, 3.63) is 40.9 Å². The van der Waals surface area contributed by atoms with Crippen molar-refractivity contribution in [3.8, 4) is 5.69 Å². The summed E-state index contributed by atoms with van der Waals surface area (Å²) in [5.41, 5.74) is 1.69. The lowest BCUT2D eigenvalue weighted by atomic mass is 10.2. The number of rotatable bonds is 4. The van der Waals surface area contributed by atoms with E-state index in [0.717, 1.165) is 23.9 Å². The maximum atomic E-state index is 13.2. The molecule has 2 aromatic rings. The van der Waals surface area contributed by atoms with E-state index in [1.165, 1.54) is 6.07 Å². The van der Waals surface area contributed by atoms with E-state index in [1.54, 1.807) is 12.1 Å². The van der Waals surface area contributed by atoms with Crippen LogP contribution in [0.1, 0.15) is 19.5 Å². The Morgan fingerprint density at radius 2 is 2.16 bits per heavy atom. The van der Waals surface area contributed by atoms with Gasteiger partial charge >= 0.3 is 0 Å². The van der Waals surface area contributed by atoms with Gasteiger partial charge in [-0.3, -0.25) is 4.57 Å². The monoisotopic (exact) mass is 281 g/mol. The van der Waals surface area contributed by atoms with E-state index >= 15 is 0 Å². The summed E-state index contributed by atoms with van der Waals surface area (Å²) in [6, 6.07) is 4.64. The molecule has 1 N–H and O–H groups in total. The molecule has 2 rings (SSSR count). The lowest BCUT2D eigenvalue weighted by Crippen LogP contribution is -2.12. The standard InChI is InChI=1S/C14H17ClFN3/c1-9(2)7-17-14-18-10(3)8-19(14)11-4-5-13(16)12(15)6-11/h4-6,8-9H,7H2,1-3H3,(H,17,18). The fraction of sp³-hybridized carbons (Fsp3) is 0.357. The van der Waals surface area contributed by atoms with Gasteiger partial charge in [-0.05, 0) is 31.0 Å². The van der Waals surface area contributed by atoms with Crippen molar-refractivity contribution in [2.45, 2.75) is 20.8 Å². The van der Waals surface area contributed by atoms with Crippen LogP contribution in [-0.2, 0) is 0 Å². The van der Waals surface area contributed by atoms with Crippen LogP contribution in [0.25, 0.3) is 5.69 Å². The van der Waals surface area contributed by atoms with Crippen LogP contribution in [0, 0.1) is 18.7 Å². The zero-order chi connectivity index (χ0) is 14.0. The van der Waals surface area contributed by atoms with Crippen LogP contribution in [0.4, 0.5) is 10.3 Å². The fourth-order valence-electron chi connectivity index (χ4n) is 1.75. The Hall–Kier alpha value is -1.55. The maximum Gasteiger partial charge on any atom is 0.207 e. The molecule has 0 atom stereocenters. The van der Waals surface area contributed by atoms with Crippen LogP contribution in [-0.4, -0.2) is 16.1 Å². The Labute approximate surface area is 117 Å². The Bertz CT molecular complexity index is 578. The summed E-state index contributed by atoms with van der Waals surface area (Å²) in [6.45, 7) is 7.00. The minimum Gasteiger partial charge on any atom is -0.355 e.